The SMILES string of the molecule is O=C(c1ccccc1O)N1CCN(CCOc2ccc(Cl)cc2)CC1. The van der Waals surface area contributed by atoms with Gasteiger partial charge in [-0.3, -0.25) is 9.69 Å². The van der Waals surface area contributed by atoms with E-state index in [0.717, 1.165) is 25.4 Å². The van der Waals surface area contributed by atoms with Crippen LogP contribution in [0.3, 0.4) is 0 Å². The van der Waals surface area contributed by atoms with Gasteiger partial charge < -0.3 is 14.7 Å². The zero-order chi connectivity index (χ0) is 17.6. The molecule has 5 nitrogen and oxygen atoms in total. The number of hydrogen-bond acceptors (Lipinski definition) is 4. The summed E-state index contributed by atoms with van der Waals surface area (Å²) in [5.74, 6) is 0.722. The smallest absolute Gasteiger partial charge is 0.257 e. The summed E-state index contributed by atoms with van der Waals surface area (Å²) in [5.41, 5.74) is 0.363. The average molecular weight is 361 g/mol. The first kappa shape index (κ1) is 17.6. The van der Waals surface area contributed by atoms with E-state index in [0.29, 0.717) is 30.3 Å². The van der Waals surface area contributed by atoms with Gasteiger partial charge in [-0.15, -0.1) is 0 Å². The van der Waals surface area contributed by atoms with Gasteiger partial charge in [-0.05, 0) is 36.4 Å². The maximum absolute atomic E-state index is 12.5. The molecule has 1 fully saturated rings. The molecule has 25 heavy (non-hydrogen) atoms. The van der Waals surface area contributed by atoms with E-state index in [1.807, 2.05) is 12.1 Å². The number of para-hydroxylation sites is 1. The van der Waals surface area contributed by atoms with E-state index in [1.165, 1.54) is 6.07 Å². The molecule has 1 aliphatic heterocycles. The molecule has 2 aromatic rings. The number of carbonyl (C=O) groups excluding carboxylic acids is 1. The van der Waals surface area contributed by atoms with Crippen molar-refractivity contribution in [2.45, 2.75) is 0 Å². The van der Waals surface area contributed by atoms with Crippen molar-refractivity contribution >= 4 is 17.5 Å². The first-order valence-corrected chi connectivity index (χ1v) is 8.69. The molecule has 1 N–H and O–H groups in total. The number of nitrogens with zero attached hydrogens (tertiary/aromatic N) is 2. The molecular formula is C19H21ClN2O3. The van der Waals surface area contributed by atoms with Crippen LogP contribution in [-0.4, -0.2) is 60.1 Å². The Labute approximate surface area is 152 Å². The normalized spacial score (nSPS) is 15.2. The molecule has 0 unspecified atom stereocenters. The molecule has 1 amide bonds. The Morgan fingerprint density at radius 1 is 1.04 bits per heavy atom. The number of halogens is 1. The molecule has 0 atom stereocenters. The molecule has 0 radical (unpaired) electrons. The van der Waals surface area contributed by atoms with Crippen LogP contribution in [0.25, 0.3) is 0 Å². The predicted octanol–water partition coefficient (Wildman–Crippen LogP) is 2.88. The van der Waals surface area contributed by atoms with Crippen LogP contribution in [0.5, 0.6) is 11.5 Å². The topological polar surface area (TPSA) is 53.0 Å². The molecule has 132 valence electrons. The summed E-state index contributed by atoms with van der Waals surface area (Å²) in [6.07, 6.45) is 0. The molecule has 0 spiro atoms. The van der Waals surface area contributed by atoms with Crippen LogP contribution in [0.4, 0.5) is 0 Å². The Hall–Kier alpha value is -2.24. The lowest BCUT2D eigenvalue weighted by Crippen LogP contribution is -2.49. The molecule has 1 aliphatic rings. The molecule has 1 heterocycles. The highest BCUT2D eigenvalue weighted by molar-refractivity contribution is 6.30. The van der Waals surface area contributed by atoms with Crippen LogP contribution in [-0.2, 0) is 0 Å². The Bertz CT molecular complexity index is 713. The predicted molar refractivity (Wildman–Crippen MR) is 97.4 cm³/mol. The minimum Gasteiger partial charge on any atom is -0.507 e. The second kappa shape index (κ2) is 8.23. The Morgan fingerprint density at radius 2 is 1.72 bits per heavy atom. The second-order valence-corrected chi connectivity index (χ2v) is 6.39. The zero-order valence-electron chi connectivity index (χ0n) is 13.9. The van der Waals surface area contributed by atoms with E-state index < -0.39 is 0 Å². The van der Waals surface area contributed by atoms with Crippen LogP contribution in [0.2, 0.25) is 5.02 Å². The Morgan fingerprint density at radius 3 is 2.40 bits per heavy atom. The second-order valence-electron chi connectivity index (χ2n) is 5.95. The largest absolute Gasteiger partial charge is 0.507 e. The molecule has 0 saturated carbocycles. The quantitative estimate of drug-likeness (QED) is 0.890. The number of ether oxygens (including phenoxy) is 1. The van der Waals surface area contributed by atoms with Gasteiger partial charge in [-0.1, -0.05) is 23.7 Å². The number of amides is 1. The highest BCUT2D eigenvalue weighted by Gasteiger charge is 2.23. The first-order valence-electron chi connectivity index (χ1n) is 8.31. The van der Waals surface area contributed by atoms with Crippen molar-refractivity contribution in [3.8, 4) is 11.5 Å². The lowest BCUT2D eigenvalue weighted by atomic mass is 10.1. The van der Waals surface area contributed by atoms with Crippen molar-refractivity contribution in [2.24, 2.45) is 0 Å². The van der Waals surface area contributed by atoms with Crippen molar-refractivity contribution in [1.29, 1.82) is 0 Å². The van der Waals surface area contributed by atoms with Crippen LogP contribution < -0.4 is 4.74 Å². The average Bonchev–Trinajstić information content (AvgIpc) is 2.64. The summed E-state index contributed by atoms with van der Waals surface area (Å²) in [5, 5.41) is 10.5. The van der Waals surface area contributed by atoms with Crippen LogP contribution >= 0.6 is 11.6 Å². The third kappa shape index (κ3) is 4.65. The van der Waals surface area contributed by atoms with E-state index in [1.54, 1.807) is 35.2 Å². The van der Waals surface area contributed by atoms with Crippen LogP contribution in [0, 0.1) is 0 Å². The summed E-state index contributed by atoms with van der Waals surface area (Å²) in [4.78, 5) is 16.5. The number of phenolic OH excluding ortho intramolecular Hbond substituents is 1. The fourth-order valence-corrected chi connectivity index (χ4v) is 2.95. The summed E-state index contributed by atoms with van der Waals surface area (Å²) in [6.45, 7) is 4.28. The number of piperazine rings is 1. The molecule has 2 aromatic carbocycles. The highest BCUT2D eigenvalue weighted by Crippen LogP contribution is 2.19. The number of aromatic hydroxyl groups is 1. The first-order chi connectivity index (χ1) is 12.1. The minimum atomic E-state index is -0.116. The van der Waals surface area contributed by atoms with Gasteiger partial charge in [-0.2, -0.15) is 0 Å². The molecule has 0 aromatic heterocycles. The lowest BCUT2D eigenvalue weighted by molar-refractivity contribution is 0.0617. The van der Waals surface area contributed by atoms with Crippen molar-refractivity contribution in [3.05, 3.63) is 59.1 Å². The summed E-state index contributed by atoms with van der Waals surface area (Å²) in [7, 11) is 0. The number of benzene rings is 2. The van der Waals surface area contributed by atoms with Gasteiger partial charge in [0.05, 0.1) is 5.56 Å². The van der Waals surface area contributed by atoms with E-state index in [-0.39, 0.29) is 11.7 Å². The maximum Gasteiger partial charge on any atom is 0.257 e. The van der Waals surface area contributed by atoms with Gasteiger partial charge in [-0.25, -0.2) is 0 Å². The summed E-state index contributed by atoms with van der Waals surface area (Å²) in [6, 6.07) is 14.0. The van der Waals surface area contributed by atoms with Crippen LogP contribution in [0.1, 0.15) is 10.4 Å². The number of phenols is 1. The van der Waals surface area contributed by atoms with E-state index in [9.17, 15) is 9.90 Å². The van der Waals surface area contributed by atoms with Gasteiger partial charge in [0.2, 0.25) is 0 Å². The highest BCUT2D eigenvalue weighted by atomic mass is 35.5. The van der Waals surface area contributed by atoms with Gasteiger partial charge >= 0.3 is 0 Å². The number of rotatable bonds is 5. The number of carbonyl (C=O) groups is 1. The zero-order valence-corrected chi connectivity index (χ0v) is 14.7. The molecule has 1 saturated heterocycles. The van der Waals surface area contributed by atoms with E-state index in [2.05, 4.69) is 4.90 Å². The molecular weight excluding hydrogens is 340 g/mol. The number of hydrogen-bond donors (Lipinski definition) is 1. The third-order valence-electron chi connectivity index (χ3n) is 4.28. The van der Waals surface area contributed by atoms with Gasteiger partial charge in [0.25, 0.3) is 5.91 Å². The lowest BCUT2D eigenvalue weighted by Gasteiger charge is -2.34. The van der Waals surface area contributed by atoms with Crippen molar-refractivity contribution in [2.75, 3.05) is 39.3 Å². The standard InChI is InChI=1S/C19H21ClN2O3/c20-15-5-7-16(8-6-15)25-14-13-21-9-11-22(12-10-21)19(24)17-3-1-2-4-18(17)23/h1-8,23H,9-14H2. The Kier molecular flexibility index (Phi) is 5.79. The molecule has 3 rings (SSSR count). The monoisotopic (exact) mass is 360 g/mol. The van der Waals surface area contributed by atoms with Gasteiger partial charge in [0.15, 0.2) is 0 Å². The van der Waals surface area contributed by atoms with E-state index in [4.69, 9.17) is 16.3 Å². The maximum atomic E-state index is 12.5. The minimum absolute atomic E-state index is 0.0336. The van der Waals surface area contributed by atoms with Crippen molar-refractivity contribution in [3.63, 3.8) is 0 Å². The van der Waals surface area contributed by atoms with Crippen molar-refractivity contribution < 1.29 is 14.6 Å². The molecule has 0 aliphatic carbocycles. The molecule has 0 bridgehead atoms. The fourth-order valence-electron chi connectivity index (χ4n) is 2.82. The fraction of sp³-hybridized carbons (Fsp3) is 0.316. The summed E-state index contributed by atoms with van der Waals surface area (Å²) < 4.78 is 5.71. The van der Waals surface area contributed by atoms with Crippen LogP contribution in [0.15, 0.2) is 48.5 Å². The summed E-state index contributed by atoms with van der Waals surface area (Å²) >= 11 is 5.85. The third-order valence-corrected chi connectivity index (χ3v) is 4.54. The van der Waals surface area contributed by atoms with Crippen molar-refractivity contribution in [1.82, 2.24) is 9.80 Å². The van der Waals surface area contributed by atoms with E-state index >= 15 is 0 Å². The van der Waals surface area contributed by atoms with Gasteiger partial charge in [0.1, 0.15) is 18.1 Å². The van der Waals surface area contributed by atoms with Gasteiger partial charge in [0, 0.05) is 37.7 Å². The Balaban J connectivity index is 1.43. The molecule has 6 heteroatoms.